The van der Waals surface area contributed by atoms with Crippen molar-refractivity contribution in [2.75, 3.05) is 0 Å². The predicted octanol–water partition coefficient (Wildman–Crippen LogP) is 14.7. The minimum atomic E-state index is -2.17. The average molecular weight is 1040 g/mol. The summed E-state index contributed by atoms with van der Waals surface area (Å²) in [7, 11) is -1.23. The van der Waals surface area contributed by atoms with Gasteiger partial charge in [-0.05, 0) is 69.5 Å². The van der Waals surface area contributed by atoms with Gasteiger partial charge in [0.2, 0.25) is 0 Å². The van der Waals surface area contributed by atoms with Gasteiger partial charge in [-0.25, -0.2) is 0 Å². The molecule has 4 aromatic heterocycles. The Morgan fingerprint density at radius 3 is 1.97 bits per heavy atom. The Hall–Kier alpha value is -6.60. The first-order valence-electron chi connectivity index (χ1n) is 22.5. The number of aromatic nitrogens is 4. The molecule has 7 heteroatoms. The van der Waals surface area contributed by atoms with Gasteiger partial charge in [-0.3, -0.25) is 9.97 Å². The predicted molar refractivity (Wildman–Crippen MR) is 269 cm³/mol. The number of para-hydroxylation sites is 2. The molecular weight excluding hydrogens is 993 g/mol. The molecule has 0 aliphatic carbocycles. The smallest absolute Gasteiger partial charge is 0.0795 e. The largest absolute Gasteiger partial charge is 0.333 e. The van der Waals surface area contributed by atoms with Crippen molar-refractivity contribution in [2.45, 2.75) is 26.5 Å². The standard InChI is InChI=1S/C43H28N3S.C14H16NSi.Ir/c1-28-16-18-32(19-17-28)35-24-25-36(42-40(35)41-39(47-42)26-33(27-44-41)30-12-6-3-7-13-30)43-45-37-14-8-9-15-38(37)46(43)34-22-20-31(21-23-34)29-10-4-2-5-11-29;1-16(2,3)13-9-10-14(15-11-13)12-7-5-4-6-8-12;/h2-24,26-27H,1H3;4-7,9-11H,1-3H3;/q2*-1;/i1D3;;. The van der Waals surface area contributed by atoms with Crippen LogP contribution in [0.5, 0.6) is 0 Å². The summed E-state index contributed by atoms with van der Waals surface area (Å²) >= 11 is 1.68. The summed E-state index contributed by atoms with van der Waals surface area (Å²) in [6, 6.07) is 67.9. The zero-order valence-corrected chi connectivity index (χ0v) is 39.7. The van der Waals surface area contributed by atoms with E-state index in [0.717, 1.165) is 87.5 Å². The second-order valence-electron chi connectivity index (χ2n) is 16.5. The van der Waals surface area contributed by atoms with Gasteiger partial charge in [0.25, 0.3) is 0 Å². The molecule has 4 heterocycles. The maximum atomic E-state index is 7.88. The molecule has 0 N–H and O–H groups in total. The van der Waals surface area contributed by atoms with Crippen molar-refractivity contribution >= 4 is 55.9 Å². The number of hydrogen-bond donors (Lipinski definition) is 0. The van der Waals surface area contributed by atoms with E-state index in [1.54, 1.807) is 23.5 Å². The van der Waals surface area contributed by atoms with E-state index in [1.165, 1.54) is 10.8 Å². The molecule has 1 radical (unpaired) electrons. The number of nitrogens with zero attached hydrogens (tertiary/aromatic N) is 4. The first-order chi connectivity index (χ1) is 32.0. The molecule has 0 bridgehead atoms. The van der Waals surface area contributed by atoms with Crippen LogP contribution in [0.2, 0.25) is 19.6 Å². The molecule has 7 aromatic carbocycles. The maximum absolute atomic E-state index is 7.88. The van der Waals surface area contributed by atoms with Crippen molar-refractivity contribution in [3.05, 3.63) is 212 Å². The molecule has 0 saturated heterocycles. The zero-order valence-electron chi connectivity index (χ0n) is 38.5. The Morgan fingerprint density at radius 2 is 1.30 bits per heavy atom. The number of benzene rings is 7. The van der Waals surface area contributed by atoms with Crippen LogP contribution in [0.3, 0.4) is 0 Å². The molecule has 0 spiro atoms. The normalized spacial score (nSPS) is 12.2. The fraction of sp³-hybridized carbons (Fsp3) is 0.0702. The van der Waals surface area contributed by atoms with Crippen molar-refractivity contribution in [2.24, 2.45) is 0 Å². The van der Waals surface area contributed by atoms with Gasteiger partial charge in [-0.2, -0.15) is 11.3 Å². The van der Waals surface area contributed by atoms with E-state index in [-0.39, 0.29) is 20.1 Å². The first kappa shape index (κ1) is 39.0. The van der Waals surface area contributed by atoms with E-state index in [1.807, 2.05) is 97.3 Å². The topological polar surface area (TPSA) is 43.6 Å². The molecule has 0 unspecified atom stereocenters. The van der Waals surface area contributed by atoms with Crippen LogP contribution in [0.15, 0.2) is 194 Å². The molecule has 313 valence electrons. The molecule has 64 heavy (non-hydrogen) atoms. The molecule has 0 atom stereocenters. The molecule has 0 aliphatic rings. The van der Waals surface area contributed by atoms with Crippen LogP contribution < -0.4 is 5.19 Å². The van der Waals surface area contributed by atoms with Gasteiger partial charge >= 0.3 is 0 Å². The van der Waals surface area contributed by atoms with Gasteiger partial charge in [-0.1, -0.05) is 169 Å². The van der Waals surface area contributed by atoms with Crippen molar-refractivity contribution in [1.29, 1.82) is 0 Å². The summed E-state index contributed by atoms with van der Waals surface area (Å²) in [5.74, 6) is 0.794. The molecular formula is C57H44IrN4SSi-2. The van der Waals surface area contributed by atoms with E-state index in [9.17, 15) is 0 Å². The number of imidazole rings is 1. The van der Waals surface area contributed by atoms with Crippen molar-refractivity contribution < 1.29 is 24.2 Å². The van der Waals surface area contributed by atoms with E-state index in [2.05, 4.69) is 126 Å². The van der Waals surface area contributed by atoms with E-state index < -0.39 is 14.9 Å². The fourth-order valence-electron chi connectivity index (χ4n) is 7.96. The zero-order chi connectivity index (χ0) is 45.4. The molecule has 0 saturated carbocycles. The van der Waals surface area contributed by atoms with Crippen LogP contribution in [-0.2, 0) is 20.1 Å². The monoisotopic (exact) mass is 1040 g/mol. The molecule has 0 fully saturated rings. The summed E-state index contributed by atoms with van der Waals surface area (Å²) in [6.45, 7) is 4.82. The number of hydrogen-bond acceptors (Lipinski definition) is 4. The Kier molecular flexibility index (Phi) is 11.1. The number of aryl methyl sites for hydroxylation is 1. The SMILES string of the molecule is C[Si](C)(C)c1ccc(-c2[c-]cccc2)nc1.[2H]C([2H])([2H])c1ccc(-c2c[c-]c(-c3nc4ccccc4n3-c3ccc(-c4ccccc4)cc3)c3sc4cc(-c5ccccc5)cnc4c23)cc1.[Ir]. The van der Waals surface area contributed by atoms with Crippen LogP contribution in [0.4, 0.5) is 0 Å². The minimum Gasteiger partial charge on any atom is -0.333 e. The van der Waals surface area contributed by atoms with Crippen LogP contribution in [-0.4, -0.2) is 27.6 Å². The molecule has 11 aromatic rings. The third-order valence-electron chi connectivity index (χ3n) is 11.3. The third kappa shape index (κ3) is 8.56. The first-order valence-corrected chi connectivity index (χ1v) is 25.3. The number of rotatable bonds is 7. The summed E-state index contributed by atoms with van der Waals surface area (Å²) in [4.78, 5) is 14.8. The van der Waals surface area contributed by atoms with Gasteiger partial charge in [0.1, 0.15) is 0 Å². The van der Waals surface area contributed by atoms with E-state index in [0.29, 0.717) is 5.56 Å². The van der Waals surface area contributed by atoms with Gasteiger partial charge in [0, 0.05) is 52.6 Å². The average Bonchev–Trinajstić information content (AvgIpc) is 3.94. The van der Waals surface area contributed by atoms with Crippen molar-refractivity contribution in [1.82, 2.24) is 19.5 Å². The third-order valence-corrected chi connectivity index (χ3v) is 14.5. The summed E-state index contributed by atoms with van der Waals surface area (Å²) in [6.07, 6.45) is 3.95. The van der Waals surface area contributed by atoms with Gasteiger partial charge in [-0.15, -0.1) is 48.0 Å². The quantitative estimate of drug-likeness (QED) is 0.118. The second kappa shape index (κ2) is 18.2. The maximum Gasteiger partial charge on any atom is 0.0795 e. The number of pyridine rings is 2. The van der Waals surface area contributed by atoms with Crippen LogP contribution in [0.1, 0.15) is 9.68 Å². The van der Waals surface area contributed by atoms with Crippen molar-refractivity contribution in [3.63, 3.8) is 0 Å². The second-order valence-corrected chi connectivity index (χ2v) is 22.7. The molecule has 0 aliphatic heterocycles. The van der Waals surface area contributed by atoms with Crippen LogP contribution >= 0.6 is 11.3 Å². The Morgan fingerprint density at radius 1 is 0.625 bits per heavy atom. The fourth-order valence-corrected chi connectivity index (χ4v) is 10.2. The number of thiophene rings is 1. The van der Waals surface area contributed by atoms with Crippen LogP contribution in [0.25, 0.3) is 93.0 Å². The Labute approximate surface area is 397 Å². The summed E-state index contributed by atoms with van der Waals surface area (Å²) in [5, 5.41) is 2.39. The summed E-state index contributed by atoms with van der Waals surface area (Å²) in [5.41, 5.74) is 13.4. The molecule has 11 rings (SSSR count). The Bertz CT molecular complexity index is 3460. The minimum absolute atomic E-state index is 0. The van der Waals surface area contributed by atoms with Gasteiger partial charge in [0.15, 0.2) is 0 Å². The van der Waals surface area contributed by atoms with Crippen molar-refractivity contribution in [3.8, 4) is 61.7 Å². The van der Waals surface area contributed by atoms with E-state index >= 15 is 0 Å². The Balaban J connectivity index is 0.000000281. The van der Waals surface area contributed by atoms with E-state index in [4.69, 9.17) is 14.1 Å². The van der Waals surface area contributed by atoms with Gasteiger partial charge < -0.3 is 9.55 Å². The molecule has 0 amide bonds. The summed E-state index contributed by atoms with van der Waals surface area (Å²) < 4.78 is 27.9. The van der Waals surface area contributed by atoms with Gasteiger partial charge in [0.05, 0.1) is 30.4 Å². The number of fused-ring (bicyclic) bond motifs is 4. The van der Waals surface area contributed by atoms with Crippen LogP contribution in [0, 0.1) is 19.0 Å². The molecule has 4 nitrogen and oxygen atoms in total.